The summed E-state index contributed by atoms with van der Waals surface area (Å²) in [5, 5.41) is 8.89. The van der Waals surface area contributed by atoms with Crippen molar-refractivity contribution < 1.29 is 9.90 Å². The molecule has 0 saturated carbocycles. The molecule has 3 heterocycles. The molecule has 0 radical (unpaired) electrons. The maximum atomic E-state index is 10.8. The molecule has 3 nitrogen and oxygen atoms in total. The third kappa shape index (κ3) is 3.15. The molecule has 3 fully saturated rings. The molecular weight excluding hydrogens is 274 g/mol. The fraction of sp³-hybridized carbons (Fsp3) is 0.562. The second-order valence-corrected chi connectivity index (χ2v) is 6.09. The topological polar surface area (TPSA) is 40.5 Å². The standard InChI is InChI=1S/C16H21NO2.ClH/c18-15(19)14-3-1-13(2-4-14)5-6-16-7-10-17(11-8-16)12-9-16;/h1-4H,5-12H2,(H,18,19);1H. The Kier molecular flexibility index (Phi) is 4.71. The summed E-state index contributed by atoms with van der Waals surface area (Å²) in [6.07, 6.45) is 6.38. The van der Waals surface area contributed by atoms with Gasteiger partial charge in [0.25, 0.3) is 0 Å². The Hall–Kier alpha value is -1.06. The highest BCUT2D eigenvalue weighted by Gasteiger charge is 2.38. The first kappa shape index (κ1) is 15.3. The van der Waals surface area contributed by atoms with Gasteiger partial charge in [0.2, 0.25) is 0 Å². The maximum absolute atomic E-state index is 10.8. The van der Waals surface area contributed by atoms with Crippen LogP contribution in [-0.4, -0.2) is 35.6 Å². The van der Waals surface area contributed by atoms with E-state index >= 15 is 0 Å². The van der Waals surface area contributed by atoms with Crippen LogP contribution in [0.2, 0.25) is 0 Å². The van der Waals surface area contributed by atoms with Crippen molar-refractivity contribution in [3.05, 3.63) is 35.4 Å². The fourth-order valence-corrected chi connectivity index (χ4v) is 3.49. The number of aryl methyl sites for hydroxylation is 1. The average molecular weight is 296 g/mol. The molecule has 20 heavy (non-hydrogen) atoms. The lowest BCUT2D eigenvalue weighted by molar-refractivity contribution is 0.0201. The van der Waals surface area contributed by atoms with E-state index in [1.165, 1.54) is 50.9 Å². The first-order valence-corrected chi connectivity index (χ1v) is 7.22. The highest BCUT2D eigenvalue weighted by molar-refractivity contribution is 5.87. The van der Waals surface area contributed by atoms with E-state index in [1.807, 2.05) is 12.1 Å². The molecule has 2 bridgehead atoms. The number of carbonyl (C=O) groups is 1. The van der Waals surface area contributed by atoms with E-state index in [0.29, 0.717) is 11.0 Å². The van der Waals surface area contributed by atoms with Crippen molar-refractivity contribution in [1.29, 1.82) is 0 Å². The number of nitrogens with zero attached hydrogens (tertiary/aromatic N) is 1. The van der Waals surface area contributed by atoms with Crippen molar-refractivity contribution in [1.82, 2.24) is 4.90 Å². The van der Waals surface area contributed by atoms with Crippen molar-refractivity contribution in [2.45, 2.75) is 32.1 Å². The Morgan fingerprint density at radius 3 is 2.15 bits per heavy atom. The normalized spacial score (nSPS) is 27.9. The number of carboxylic acids is 1. The Bertz CT molecular complexity index is 450. The minimum atomic E-state index is -0.843. The van der Waals surface area contributed by atoms with E-state index in [0.717, 1.165) is 6.42 Å². The smallest absolute Gasteiger partial charge is 0.335 e. The molecule has 1 aromatic rings. The van der Waals surface area contributed by atoms with Gasteiger partial charge in [-0.2, -0.15) is 0 Å². The van der Waals surface area contributed by atoms with Gasteiger partial charge in [-0.25, -0.2) is 4.79 Å². The zero-order valence-corrected chi connectivity index (χ0v) is 12.5. The summed E-state index contributed by atoms with van der Waals surface area (Å²) in [6, 6.07) is 7.38. The predicted molar refractivity (Wildman–Crippen MR) is 81.7 cm³/mol. The molecule has 110 valence electrons. The zero-order chi connectivity index (χ0) is 13.3. The summed E-state index contributed by atoms with van der Waals surface area (Å²) in [5.41, 5.74) is 2.22. The number of halogens is 1. The Balaban J connectivity index is 0.00000147. The van der Waals surface area contributed by atoms with Crippen LogP contribution in [0.25, 0.3) is 0 Å². The van der Waals surface area contributed by atoms with Crippen molar-refractivity contribution in [2.75, 3.05) is 19.6 Å². The average Bonchev–Trinajstić information content (AvgIpc) is 2.48. The SMILES string of the molecule is Cl.O=C(O)c1ccc(CCC23CCN(CC2)CC3)cc1. The molecule has 4 rings (SSSR count). The van der Waals surface area contributed by atoms with Crippen molar-refractivity contribution >= 4 is 18.4 Å². The lowest BCUT2D eigenvalue weighted by atomic mass is 9.69. The minimum absolute atomic E-state index is 0. The molecule has 0 atom stereocenters. The number of piperidine rings is 3. The summed E-state index contributed by atoms with van der Waals surface area (Å²) < 4.78 is 0. The van der Waals surface area contributed by atoms with Crippen LogP contribution in [0.3, 0.4) is 0 Å². The molecule has 3 saturated heterocycles. The van der Waals surface area contributed by atoms with Gasteiger partial charge in [-0.1, -0.05) is 12.1 Å². The van der Waals surface area contributed by atoms with Gasteiger partial charge in [-0.15, -0.1) is 12.4 Å². The van der Waals surface area contributed by atoms with E-state index in [2.05, 4.69) is 4.90 Å². The number of fused-ring (bicyclic) bond motifs is 3. The molecular formula is C16H22ClNO2. The molecule has 3 aliphatic heterocycles. The highest BCUT2D eigenvalue weighted by atomic mass is 35.5. The van der Waals surface area contributed by atoms with E-state index in [4.69, 9.17) is 5.11 Å². The molecule has 0 amide bonds. The lowest BCUT2D eigenvalue weighted by Gasteiger charge is -2.48. The van der Waals surface area contributed by atoms with E-state index < -0.39 is 5.97 Å². The molecule has 1 aromatic carbocycles. The molecule has 4 heteroatoms. The van der Waals surface area contributed by atoms with Crippen LogP contribution in [0.15, 0.2) is 24.3 Å². The third-order valence-corrected chi connectivity index (χ3v) is 5.02. The van der Waals surface area contributed by atoms with E-state index in [9.17, 15) is 4.79 Å². The number of aromatic carboxylic acids is 1. The summed E-state index contributed by atoms with van der Waals surface area (Å²) in [7, 11) is 0. The molecule has 3 aliphatic rings. The lowest BCUT2D eigenvalue weighted by Crippen LogP contribution is -2.48. The molecule has 0 aliphatic carbocycles. The van der Waals surface area contributed by atoms with Gasteiger partial charge in [-0.3, -0.25) is 0 Å². The van der Waals surface area contributed by atoms with Crippen molar-refractivity contribution in [2.24, 2.45) is 5.41 Å². The highest BCUT2D eigenvalue weighted by Crippen LogP contribution is 2.43. The number of carboxylic acid groups (broad SMARTS) is 1. The third-order valence-electron chi connectivity index (χ3n) is 5.02. The van der Waals surface area contributed by atoms with Gasteiger partial charge in [0.15, 0.2) is 0 Å². The number of rotatable bonds is 4. The van der Waals surface area contributed by atoms with Gasteiger partial charge < -0.3 is 10.0 Å². The van der Waals surface area contributed by atoms with Crippen LogP contribution >= 0.6 is 12.4 Å². The van der Waals surface area contributed by atoms with Crippen LogP contribution in [0, 0.1) is 5.41 Å². The summed E-state index contributed by atoms with van der Waals surface area (Å²) in [6.45, 7) is 3.83. The Labute approximate surface area is 126 Å². The van der Waals surface area contributed by atoms with Gasteiger partial charge in [0.05, 0.1) is 5.56 Å². The van der Waals surface area contributed by atoms with E-state index in [1.54, 1.807) is 12.1 Å². The second-order valence-electron chi connectivity index (χ2n) is 6.09. The second kappa shape index (κ2) is 6.15. The van der Waals surface area contributed by atoms with E-state index in [-0.39, 0.29) is 12.4 Å². The summed E-state index contributed by atoms with van der Waals surface area (Å²) >= 11 is 0. The first-order valence-electron chi connectivity index (χ1n) is 7.22. The van der Waals surface area contributed by atoms with Crippen molar-refractivity contribution in [3.8, 4) is 0 Å². The molecule has 0 spiro atoms. The molecule has 0 aromatic heterocycles. The largest absolute Gasteiger partial charge is 0.478 e. The summed E-state index contributed by atoms with van der Waals surface area (Å²) in [4.78, 5) is 13.4. The van der Waals surface area contributed by atoms with Gasteiger partial charge in [0, 0.05) is 0 Å². The molecule has 1 N–H and O–H groups in total. The van der Waals surface area contributed by atoms with Gasteiger partial charge in [0.1, 0.15) is 0 Å². The number of hydrogen-bond acceptors (Lipinski definition) is 2. The first-order chi connectivity index (χ1) is 9.17. The van der Waals surface area contributed by atoms with Gasteiger partial charge >= 0.3 is 5.97 Å². The minimum Gasteiger partial charge on any atom is -0.478 e. The fourth-order valence-electron chi connectivity index (χ4n) is 3.49. The number of benzene rings is 1. The predicted octanol–water partition coefficient (Wildman–Crippen LogP) is 3.23. The summed E-state index contributed by atoms with van der Waals surface area (Å²) in [5.74, 6) is -0.843. The Morgan fingerprint density at radius 2 is 1.65 bits per heavy atom. The van der Waals surface area contributed by atoms with Crippen LogP contribution in [0.4, 0.5) is 0 Å². The van der Waals surface area contributed by atoms with Crippen LogP contribution < -0.4 is 0 Å². The van der Waals surface area contributed by atoms with Crippen LogP contribution in [-0.2, 0) is 6.42 Å². The maximum Gasteiger partial charge on any atom is 0.335 e. The molecule has 0 unspecified atom stereocenters. The van der Waals surface area contributed by atoms with Crippen molar-refractivity contribution in [3.63, 3.8) is 0 Å². The Morgan fingerprint density at radius 1 is 1.10 bits per heavy atom. The number of hydrogen-bond donors (Lipinski definition) is 1. The van der Waals surface area contributed by atoms with Gasteiger partial charge in [-0.05, 0) is 74.8 Å². The monoisotopic (exact) mass is 295 g/mol. The zero-order valence-electron chi connectivity index (χ0n) is 11.7. The van der Waals surface area contributed by atoms with Crippen LogP contribution in [0.1, 0.15) is 41.6 Å². The quantitative estimate of drug-likeness (QED) is 0.927. The van der Waals surface area contributed by atoms with Crippen LogP contribution in [0.5, 0.6) is 0 Å².